The van der Waals surface area contributed by atoms with Crippen LogP contribution in [0.2, 0.25) is 0 Å². The van der Waals surface area contributed by atoms with E-state index in [1.165, 1.54) is 7.11 Å². The molecule has 4 nitrogen and oxygen atoms in total. The first kappa shape index (κ1) is 13.1. The van der Waals surface area contributed by atoms with Crippen molar-refractivity contribution in [2.45, 2.75) is 12.5 Å². The third kappa shape index (κ3) is 3.81. The number of nitrogens with one attached hydrogen (secondary N) is 1. The Balaban J connectivity index is 2.10. The molecular weight excluding hydrogens is 240 g/mol. The number of carbonyl (C=O) groups excluding carboxylic acids is 1. The zero-order chi connectivity index (χ0) is 13.5. The van der Waals surface area contributed by atoms with E-state index in [2.05, 4.69) is 10.3 Å². The number of hydrogen-bond donors (Lipinski definition) is 1. The SMILES string of the molecule is COC(=O)[C@@H](Cc1ccccc1)Nc1ccccn1. The van der Waals surface area contributed by atoms with Gasteiger partial charge in [-0.05, 0) is 17.7 Å². The van der Waals surface area contributed by atoms with E-state index in [4.69, 9.17) is 4.74 Å². The first-order chi connectivity index (χ1) is 9.29. The van der Waals surface area contributed by atoms with Gasteiger partial charge in [0, 0.05) is 12.6 Å². The van der Waals surface area contributed by atoms with E-state index in [1.54, 1.807) is 6.20 Å². The maximum atomic E-state index is 11.8. The third-order valence-electron chi connectivity index (χ3n) is 2.76. The summed E-state index contributed by atoms with van der Waals surface area (Å²) in [5.41, 5.74) is 1.07. The summed E-state index contributed by atoms with van der Waals surface area (Å²) in [7, 11) is 1.39. The van der Waals surface area contributed by atoms with Gasteiger partial charge in [0.1, 0.15) is 11.9 Å². The quantitative estimate of drug-likeness (QED) is 0.834. The average Bonchev–Trinajstić information content (AvgIpc) is 2.48. The van der Waals surface area contributed by atoms with E-state index >= 15 is 0 Å². The van der Waals surface area contributed by atoms with Gasteiger partial charge in [-0.15, -0.1) is 0 Å². The van der Waals surface area contributed by atoms with Crippen molar-refractivity contribution in [2.75, 3.05) is 12.4 Å². The van der Waals surface area contributed by atoms with Crippen molar-refractivity contribution in [3.8, 4) is 0 Å². The van der Waals surface area contributed by atoms with E-state index in [0.717, 1.165) is 5.56 Å². The zero-order valence-electron chi connectivity index (χ0n) is 10.7. The second-order valence-corrected chi connectivity index (χ2v) is 4.12. The Hall–Kier alpha value is -2.36. The smallest absolute Gasteiger partial charge is 0.328 e. The lowest BCUT2D eigenvalue weighted by Crippen LogP contribution is -2.33. The Morgan fingerprint density at radius 1 is 1.21 bits per heavy atom. The number of aromatic nitrogens is 1. The van der Waals surface area contributed by atoms with Gasteiger partial charge in [0.25, 0.3) is 0 Å². The molecule has 1 atom stereocenters. The molecule has 2 rings (SSSR count). The van der Waals surface area contributed by atoms with E-state index in [-0.39, 0.29) is 5.97 Å². The molecule has 0 radical (unpaired) electrons. The van der Waals surface area contributed by atoms with Crippen molar-refractivity contribution in [3.63, 3.8) is 0 Å². The molecule has 1 aromatic carbocycles. The Kier molecular flexibility index (Phi) is 4.50. The molecular formula is C15H16N2O2. The van der Waals surface area contributed by atoms with Crippen LogP contribution in [0.3, 0.4) is 0 Å². The van der Waals surface area contributed by atoms with Gasteiger partial charge >= 0.3 is 5.97 Å². The molecule has 0 aliphatic heterocycles. The van der Waals surface area contributed by atoms with E-state index in [9.17, 15) is 4.79 Å². The highest BCUT2D eigenvalue weighted by molar-refractivity contribution is 5.79. The number of rotatable bonds is 5. The highest BCUT2D eigenvalue weighted by Gasteiger charge is 2.19. The number of methoxy groups -OCH3 is 1. The van der Waals surface area contributed by atoms with E-state index < -0.39 is 6.04 Å². The number of anilines is 1. The number of benzene rings is 1. The molecule has 0 amide bonds. The lowest BCUT2D eigenvalue weighted by Gasteiger charge is -2.17. The van der Waals surface area contributed by atoms with Crippen LogP contribution in [0.4, 0.5) is 5.82 Å². The number of hydrogen-bond acceptors (Lipinski definition) is 4. The molecule has 4 heteroatoms. The molecule has 1 N–H and O–H groups in total. The van der Waals surface area contributed by atoms with Crippen LogP contribution in [0, 0.1) is 0 Å². The fourth-order valence-electron chi connectivity index (χ4n) is 1.81. The van der Waals surface area contributed by atoms with Crippen LogP contribution in [0.25, 0.3) is 0 Å². The standard InChI is InChI=1S/C15H16N2O2/c1-19-15(18)13(11-12-7-3-2-4-8-12)17-14-9-5-6-10-16-14/h2-10,13H,11H2,1H3,(H,16,17)/t13-/m1/s1. The number of pyridine rings is 1. The van der Waals surface area contributed by atoms with Gasteiger partial charge in [0.2, 0.25) is 0 Å². The van der Waals surface area contributed by atoms with Crippen molar-refractivity contribution in [1.82, 2.24) is 4.98 Å². The zero-order valence-corrected chi connectivity index (χ0v) is 10.7. The van der Waals surface area contributed by atoms with Crippen LogP contribution in [0.15, 0.2) is 54.7 Å². The Morgan fingerprint density at radius 2 is 1.95 bits per heavy atom. The van der Waals surface area contributed by atoms with Crippen molar-refractivity contribution in [2.24, 2.45) is 0 Å². The Labute approximate surface area is 112 Å². The molecule has 0 aliphatic carbocycles. The molecule has 0 saturated heterocycles. The first-order valence-corrected chi connectivity index (χ1v) is 6.09. The normalized spacial score (nSPS) is 11.6. The molecule has 1 heterocycles. The Morgan fingerprint density at radius 3 is 2.58 bits per heavy atom. The number of esters is 1. The maximum absolute atomic E-state index is 11.8. The topological polar surface area (TPSA) is 51.2 Å². The molecule has 0 bridgehead atoms. The second kappa shape index (κ2) is 6.54. The summed E-state index contributed by atoms with van der Waals surface area (Å²) >= 11 is 0. The molecule has 2 aromatic rings. The summed E-state index contributed by atoms with van der Waals surface area (Å²) in [4.78, 5) is 16.0. The summed E-state index contributed by atoms with van der Waals surface area (Å²) in [6.45, 7) is 0. The minimum Gasteiger partial charge on any atom is -0.467 e. The van der Waals surface area contributed by atoms with Gasteiger partial charge in [-0.2, -0.15) is 0 Å². The van der Waals surface area contributed by atoms with Crippen LogP contribution >= 0.6 is 0 Å². The average molecular weight is 256 g/mol. The molecule has 0 fully saturated rings. The van der Waals surface area contributed by atoms with Gasteiger partial charge < -0.3 is 10.1 Å². The van der Waals surface area contributed by atoms with Crippen LogP contribution in [0.5, 0.6) is 0 Å². The van der Waals surface area contributed by atoms with Crippen LogP contribution in [0.1, 0.15) is 5.56 Å². The molecule has 0 aliphatic rings. The van der Waals surface area contributed by atoms with Crippen molar-refractivity contribution in [1.29, 1.82) is 0 Å². The highest BCUT2D eigenvalue weighted by atomic mass is 16.5. The second-order valence-electron chi connectivity index (χ2n) is 4.12. The van der Waals surface area contributed by atoms with Crippen LogP contribution in [-0.2, 0) is 16.0 Å². The fourth-order valence-corrected chi connectivity index (χ4v) is 1.81. The van der Waals surface area contributed by atoms with Gasteiger partial charge in [-0.1, -0.05) is 36.4 Å². The number of nitrogens with zero attached hydrogens (tertiary/aromatic N) is 1. The van der Waals surface area contributed by atoms with Crippen molar-refractivity contribution in [3.05, 3.63) is 60.3 Å². The maximum Gasteiger partial charge on any atom is 0.328 e. The van der Waals surface area contributed by atoms with Crippen LogP contribution < -0.4 is 5.32 Å². The molecule has 0 saturated carbocycles. The summed E-state index contributed by atoms with van der Waals surface area (Å²) in [5, 5.41) is 3.09. The minimum atomic E-state index is -0.442. The molecule has 0 unspecified atom stereocenters. The van der Waals surface area contributed by atoms with Gasteiger partial charge in [-0.3, -0.25) is 0 Å². The molecule has 0 spiro atoms. The Bertz CT molecular complexity index is 473. The largest absolute Gasteiger partial charge is 0.467 e. The molecule has 1 aromatic heterocycles. The lowest BCUT2D eigenvalue weighted by molar-refractivity contribution is -0.141. The minimum absolute atomic E-state index is 0.297. The highest BCUT2D eigenvalue weighted by Crippen LogP contribution is 2.10. The van der Waals surface area contributed by atoms with Gasteiger partial charge in [-0.25, -0.2) is 9.78 Å². The third-order valence-corrected chi connectivity index (χ3v) is 2.76. The molecule has 98 valence electrons. The van der Waals surface area contributed by atoms with Crippen molar-refractivity contribution >= 4 is 11.8 Å². The van der Waals surface area contributed by atoms with Crippen LogP contribution in [-0.4, -0.2) is 24.1 Å². The van der Waals surface area contributed by atoms with Gasteiger partial charge in [0.05, 0.1) is 7.11 Å². The fraction of sp³-hybridized carbons (Fsp3) is 0.200. The predicted octanol–water partition coefficient (Wildman–Crippen LogP) is 2.28. The predicted molar refractivity (Wildman–Crippen MR) is 73.8 cm³/mol. The lowest BCUT2D eigenvalue weighted by atomic mass is 10.1. The number of carbonyl (C=O) groups is 1. The van der Waals surface area contributed by atoms with Crippen molar-refractivity contribution < 1.29 is 9.53 Å². The van der Waals surface area contributed by atoms with E-state index in [0.29, 0.717) is 12.2 Å². The summed E-state index contributed by atoms with van der Waals surface area (Å²) in [5.74, 6) is 0.364. The van der Waals surface area contributed by atoms with E-state index in [1.807, 2.05) is 48.5 Å². The molecule has 19 heavy (non-hydrogen) atoms. The summed E-state index contributed by atoms with van der Waals surface area (Å²) in [6, 6.07) is 14.9. The first-order valence-electron chi connectivity index (χ1n) is 6.09. The summed E-state index contributed by atoms with van der Waals surface area (Å²) in [6.07, 6.45) is 2.24. The monoisotopic (exact) mass is 256 g/mol. The number of ether oxygens (including phenoxy) is 1. The summed E-state index contributed by atoms with van der Waals surface area (Å²) < 4.78 is 4.83. The van der Waals surface area contributed by atoms with Gasteiger partial charge in [0.15, 0.2) is 0 Å².